The molecular weight excluding hydrogens is 568 g/mol. The van der Waals surface area contributed by atoms with Crippen LogP contribution in [0.2, 0.25) is 0 Å². The van der Waals surface area contributed by atoms with E-state index in [4.69, 9.17) is 0 Å². The molecule has 1 N–H and O–H groups in total. The quantitative estimate of drug-likeness (QED) is 0.301. The number of nitrogens with one attached hydrogen (secondary N) is 1. The van der Waals surface area contributed by atoms with Gasteiger partial charge in [0.1, 0.15) is 12.0 Å². The molecule has 226 valence electrons. The Morgan fingerprint density at radius 2 is 1.74 bits per heavy atom. The van der Waals surface area contributed by atoms with E-state index in [1.807, 2.05) is 60.4 Å². The maximum Gasteiger partial charge on any atom is 0.329 e. The first-order chi connectivity index (χ1) is 20.0. The molecule has 1 aliphatic heterocycles. The van der Waals surface area contributed by atoms with Crippen LogP contribution in [0.25, 0.3) is 11.0 Å². The number of hydrogen-bond acceptors (Lipinski definition) is 5. The second-order valence-electron chi connectivity index (χ2n) is 11.3. The van der Waals surface area contributed by atoms with Gasteiger partial charge >= 0.3 is 5.69 Å². The number of para-hydroxylation sites is 2. The van der Waals surface area contributed by atoms with E-state index < -0.39 is 5.41 Å². The average Bonchev–Trinajstić information content (AvgIpc) is 3.20. The molecule has 0 saturated carbocycles. The Bertz CT molecular complexity index is 1730. The number of benzene rings is 2. The van der Waals surface area contributed by atoms with Crippen LogP contribution in [-0.2, 0) is 34.4 Å². The molecule has 0 spiro atoms. The number of nitrogens with zero attached hydrogens (tertiary/aromatic N) is 5. The Kier molecular flexibility index (Phi) is 9.10. The van der Waals surface area contributed by atoms with Crippen LogP contribution in [0.1, 0.15) is 44.4 Å². The van der Waals surface area contributed by atoms with E-state index in [0.717, 1.165) is 16.6 Å². The number of aryl methyl sites for hydroxylation is 1. The molecule has 1 atom stereocenters. The molecule has 1 aliphatic rings. The van der Waals surface area contributed by atoms with Crippen molar-refractivity contribution in [2.24, 2.45) is 12.5 Å². The van der Waals surface area contributed by atoms with Gasteiger partial charge in [0.15, 0.2) is 0 Å². The minimum atomic E-state index is -1.23. The van der Waals surface area contributed by atoms with Crippen molar-refractivity contribution in [3.8, 4) is 0 Å². The summed E-state index contributed by atoms with van der Waals surface area (Å²) in [6, 6.07) is 16.5. The number of anilines is 2. The lowest BCUT2D eigenvalue weighted by molar-refractivity contribution is -0.136. The van der Waals surface area contributed by atoms with Gasteiger partial charge in [-0.25, -0.2) is 4.79 Å². The number of carbonyl (C=O) groups is 3. The van der Waals surface area contributed by atoms with Crippen molar-refractivity contribution in [3.05, 3.63) is 88.6 Å². The molecule has 10 nitrogen and oxygen atoms in total. The summed E-state index contributed by atoms with van der Waals surface area (Å²) in [5, 5.41) is 2.89. The Balaban J connectivity index is 0.00000423. The molecule has 3 heterocycles. The Morgan fingerprint density at radius 1 is 1.02 bits per heavy atom. The van der Waals surface area contributed by atoms with E-state index in [9.17, 15) is 19.2 Å². The third-order valence-corrected chi connectivity index (χ3v) is 8.22. The van der Waals surface area contributed by atoms with Crippen LogP contribution in [0, 0.1) is 5.41 Å². The molecule has 5 rings (SSSR count). The summed E-state index contributed by atoms with van der Waals surface area (Å²) in [5.74, 6) is -0.881. The Morgan fingerprint density at radius 3 is 2.42 bits per heavy atom. The first kappa shape index (κ1) is 31.5. The first-order valence-corrected chi connectivity index (χ1v) is 14.1. The summed E-state index contributed by atoms with van der Waals surface area (Å²) in [6.07, 6.45) is 4.67. The standard InChI is InChI=1S/C32H36N6O4.ClH/c1-6-24(22-13-14-23-27(18-22)35(4)30(41)32(2,3)29(40)34-23)37(17-15-21-10-9-16-33-19-21)28(39)20-38-26-12-8-7-11-25(26)36(5)31(38)42;/h7-14,16,18-19,24H,6,15,17,20H2,1-5H3,(H,34,40);1H. The maximum absolute atomic E-state index is 14.1. The zero-order chi connectivity index (χ0) is 30.2. The van der Waals surface area contributed by atoms with Crippen LogP contribution in [0.3, 0.4) is 0 Å². The van der Waals surface area contributed by atoms with E-state index >= 15 is 0 Å². The average molecular weight is 605 g/mol. The molecule has 0 fully saturated rings. The lowest BCUT2D eigenvalue weighted by Crippen LogP contribution is -2.43. The van der Waals surface area contributed by atoms with Gasteiger partial charge in [0.05, 0.1) is 28.5 Å². The van der Waals surface area contributed by atoms with Crippen LogP contribution in [0.5, 0.6) is 0 Å². The number of aromatic nitrogens is 3. The molecule has 4 aromatic rings. The van der Waals surface area contributed by atoms with Crippen LogP contribution >= 0.6 is 12.4 Å². The molecule has 0 aliphatic carbocycles. The van der Waals surface area contributed by atoms with Crippen LogP contribution in [0.4, 0.5) is 11.4 Å². The summed E-state index contributed by atoms with van der Waals surface area (Å²) in [4.78, 5) is 60.8. The van der Waals surface area contributed by atoms with Crippen LogP contribution in [0.15, 0.2) is 71.8 Å². The third-order valence-electron chi connectivity index (χ3n) is 8.22. The van der Waals surface area contributed by atoms with Crippen molar-refractivity contribution in [2.75, 3.05) is 23.8 Å². The van der Waals surface area contributed by atoms with Gasteiger partial charge in [-0.2, -0.15) is 0 Å². The van der Waals surface area contributed by atoms with Crippen LogP contribution < -0.4 is 15.9 Å². The van der Waals surface area contributed by atoms with E-state index in [-0.39, 0.29) is 48.4 Å². The van der Waals surface area contributed by atoms with Gasteiger partial charge in [-0.05, 0) is 68.1 Å². The number of pyridine rings is 1. The van der Waals surface area contributed by atoms with Gasteiger partial charge in [0, 0.05) is 33.0 Å². The van der Waals surface area contributed by atoms with Gasteiger partial charge < -0.3 is 15.1 Å². The monoisotopic (exact) mass is 604 g/mol. The highest BCUT2D eigenvalue weighted by atomic mass is 35.5. The van der Waals surface area contributed by atoms with Gasteiger partial charge in [-0.3, -0.25) is 28.5 Å². The number of imidazole rings is 1. The summed E-state index contributed by atoms with van der Waals surface area (Å²) in [6.45, 7) is 5.51. The lowest BCUT2D eigenvalue weighted by Gasteiger charge is -2.33. The summed E-state index contributed by atoms with van der Waals surface area (Å²) in [5.41, 5.74) is 2.90. The largest absolute Gasteiger partial charge is 0.334 e. The molecule has 2 aromatic carbocycles. The molecule has 2 aromatic heterocycles. The fourth-order valence-corrected chi connectivity index (χ4v) is 5.67. The fourth-order valence-electron chi connectivity index (χ4n) is 5.67. The molecule has 43 heavy (non-hydrogen) atoms. The number of carbonyl (C=O) groups excluding carboxylic acids is 3. The topological polar surface area (TPSA) is 110 Å². The van der Waals surface area contributed by atoms with E-state index in [0.29, 0.717) is 36.3 Å². The highest BCUT2D eigenvalue weighted by molar-refractivity contribution is 6.19. The second kappa shape index (κ2) is 12.4. The molecule has 0 radical (unpaired) electrons. The SMILES string of the molecule is CCC(c1ccc2c(c1)N(C)C(=O)C(C)(C)C(=O)N2)N(CCc1cccnc1)C(=O)Cn1c(=O)n(C)c2ccccc21.Cl. The molecule has 0 bridgehead atoms. The molecule has 11 heteroatoms. The van der Waals surface area contributed by atoms with E-state index in [1.165, 1.54) is 9.47 Å². The minimum Gasteiger partial charge on any atom is -0.334 e. The smallest absolute Gasteiger partial charge is 0.329 e. The normalized spacial score (nSPS) is 14.9. The second-order valence-corrected chi connectivity index (χ2v) is 11.3. The highest BCUT2D eigenvalue weighted by Crippen LogP contribution is 2.37. The predicted molar refractivity (Wildman–Crippen MR) is 169 cm³/mol. The van der Waals surface area contributed by atoms with Crippen molar-refractivity contribution in [1.82, 2.24) is 19.0 Å². The predicted octanol–water partition coefficient (Wildman–Crippen LogP) is 4.32. The van der Waals surface area contributed by atoms with E-state index in [2.05, 4.69) is 10.3 Å². The number of amides is 3. The summed E-state index contributed by atoms with van der Waals surface area (Å²) in [7, 11) is 3.36. The number of fused-ring (bicyclic) bond motifs is 2. The van der Waals surface area contributed by atoms with Gasteiger partial charge in [-0.15, -0.1) is 12.4 Å². The van der Waals surface area contributed by atoms with Crippen molar-refractivity contribution in [2.45, 2.75) is 46.2 Å². The fraction of sp³-hybridized carbons (Fsp3) is 0.344. The Labute approximate surface area is 256 Å². The van der Waals surface area contributed by atoms with Crippen molar-refractivity contribution in [3.63, 3.8) is 0 Å². The van der Waals surface area contributed by atoms with Gasteiger partial charge in [0.25, 0.3) is 0 Å². The number of rotatable bonds is 8. The lowest BCUT2D eigenvalue weighted by atomic mass is 9.91. The highest BCUT2D eigenvalue weighted by Gasteiger charge is 2.42. The van der Waals surface area contributed by atoms with Gasteiger partial charge in [-0.1, -0.05) is 31.2 Å². The minimum absolute atomic E-state index is 0. The molecular formula is C32H37ClN6O4. The van der Waals surface area contributed by atoms with Crippen molar-refractivity contribution in [1.29, 1.82) is 0 Å². The zero-order valence-corrected chi connectivity index (χ0v) is 25.9. The zero-order valence-electron chi connectivity index (χ0n) is 25.0. The van der Waals surface area contributed by atoms with Crippen molar-refractivity contribution >= 4 is 52.5 Å². The molecule has 0 saturated heterocycles. The first-order valence-electron chi connectivity index (χ1n) is 14.1. The van der Waals surface area contributed by atoms with Gasteiger partial charge in [0.2, 0.25) is 17.7 Å². The third kappa shape index (κ3) is 5.79. The number of halogens is 1. The Hall–Kier alpha value is -4.44. The molecule has 1 unspecified atom stereocenters. The van der Waals surface area contributed by atoms with E-state index in [1.54, 1.807) is 51.0 Å². The number of hydrogen-bond donors (Lipinski definition) is 1. The summed E-state index contributed by atoms with van der Waals surface area (Å²) >= 11 is 0. The molecule has 3 amide bonds. The summed E-state index contributed by atoms with van der Waals surface area (Å²) < 4.78 is 3.07. The van der Waals surface area contributed by atoms with Crippen molar-refractivity contribution < 1.29 is 14.4 Å². The maximum atomic E-state index is 14.1. The van der Waals surface area contributed by atoms with Crippen LogP contribution in [-0.4, -0.2) is 50.3 Å².